The molecule has 0 N–H and O–H groups in total. The van der Waals surface area contributed by atoms with Gasteiger partial charge >= 0.3 is 0 Å². The lowest BCUT2D eigenvalue weighted by Gasteiger charge is -2.55. The van der Waals surface area contributed by atoms with Crippen molar-refractivity contribution in [1.82, 2.24) is 4.57 Å². The van der Waals surface area contributed by atoms with Crippen molar-refractivity contribution >= 4 is 17.2 Å². The molecule has 5 fully saturated rings. The van der Waals surface area contributed by atoms with Crippen molar-refractivity contribution in [3.05, 3.63) is 15.4 Å². The van der Waals surface area contributed by atoms with Crippen molar-refractivity contribution in [3.8, 4) is 0 Å². The van der Waals surface area contributed by atoms with Crippen molar-refractivity contribution < 1.29 is 4.79 Å². The smallest absolute Gasteiger partial charge is 0.254 e. The fraction of sp³-hybridized carbons (Fsp3) is 0.810. The number of amides is 1. The van der Waals surface area contributed by atoms with Crippen LogP contribution in [0.15, 0.2) is 4.99 Å². The highest BCUT2D eigenvalue weighted by molar-refractivity contribution is 7.09. The molecule has 0 aromatic carbocycles. The van der Waals surface area contributed by atoms with Crippen LogP contribution in [0.3, 0.4) is 0 Å². The standard InChI is InChI=1S/C21H30N2OS/c1-13-14(2)25-20(23(13)12-15-4-3-5-15)22-19(24)21-9-16-6-17(10-21)8-18(7-16)11-21/h15-18H,3-12H2,1-2H3. The summed E-state index contributed by atoms with van der Waals surface area (Å²) in [4.78, 5) is 20.4. The number of aromatic nitrogens is 1. The summed E-state index contributed by atoms with van der Waals surface area (Å²) in [6, 6.07) is 0. The Morgan fingerprint density at radius 3 is 2.24 bits per heavy atom. The summed E-state index contributed by atoms with van der Waals surface area (Å²) in [6.07, 6.45) is 11.5. The van der Waals surface area contributed by atoms with Gasteiger partial charge in [0.05, 0.1) is 5.41 Å². The number of rotatable bonds is 3. The predicted molar refractivity (Wildman–Crippen MR) is 100 cm³/mol. The fourth-order valence-corrected chi connectivity index (χ4v) is 7.39. The Morgan fingerprint density at radius 2 is 1.72 bits per heavy atom. The molecule has 1 heterocycles. The first-order valence-electron chi connectivity index (χ1n) is 10.3. The van der Waals surface area contributed by atoms with Crippen LogP contribution in [0, 0.1) is 42.9 Å². The number of carbonyl (C=O) groups excluding carboxylic acids is 1. The highest BCUT2D eigenvalue weighted by atomic mass is 32.1. The zero-order chi connectivity index (χ0) is 17.2. The van der Waals surface area contributed by atoms with E-state index in [1.165, 1.54) is 49.1 Å². The van der Waals surface area contributed by atoms with Crippen LogP contribution in [-0.2, 0) is 11.3 Å². The van der Waals surface area contributed by atoms with E-state index >= 15 is 0 Å². The molecule has 1 amide bonds. The van der Waals surface area contributed by atoms with Gasteiger partial charge in [0.1, 0.15) is 0 Å². The first-order chi connectivity index (χ1) is 12.0. The van der Waals surface area contributed by atoms with Gasteiger partial charge in [0.15, 0.2) is 4.80 Å². The molecule has 5 aliphatic rings. The van der Waals surface area contributed by atoms with Gasteiger partial charge in [-0.1, -0.05) is 6.42 Å². The minimum Gasteiger partial charge on any atom is -0.320 e. The summed E-state index contributed by atoms with van der Waals surface area (Å²) in [7, 11) is 0. The minimum absolute atomic E-state index is 0.102. The van der Waals surface area contributed by atoms with Gasteiger partial charge < -0.3 is 4.57 Å². The molecule has 0 atom stereocenters. The fourth-order valence-electron chi connectivity index (χ4n) is 6.41. The van der Waals surface area contributed by atoms with Gasteiger partial charge in [0, 0.05) is 17.1 Å². The Balaban J connectivity index is 1.47. The van der Waals surface area contributed by atoms with Gasteiger partial charge in [-0.3, -0.25) is 4.79 Å². The highest BCUT2D eigenvalue weighted by Gasteiger charge is 2.54. The van der Waals surface area contributed by atoms with Crippen molar-refractivity contribution in [1.29, 1.82) is 0 Å². The van der Waals surface area contributed by atoms with E-state index in [4.69, 9.17) is 4.99 Å². The lowest BCUT2D eigenvalue weighted by Crippen LogP contribution is -2.50. The normalized spacial score (nSPS) is 37.5. The van der Waals surface area contributed by atoms with Crippen LogP contribution < -0.4 is 4.80 Å². The maximum absolute atomic E-state index is 13.3. The van der Waals surface area contributed by atoms with Crippen molar-refractivity contribution in [2.24, 2.45) is 34.1 Å². The largest absolute Gasteiger partial charge is 0.320 e. The second kappa shape index (κ2) is 5.80. The van der Waals surface area contributed by atoms with Crippen molar-refractivity contribution in [2.45, 2.75) is 78.2 Å². The van der Waals surface area contributed by atoms with Gasteiger partial charge in [-0.25, -0.2) is 0 Å². The summed E-state index contributed by atoms with van der Waals surface area (Å²) in [5, 5.41) is 0. The molecule has 1 aromatic rings. The third kappa shape index (κ3) is 2.67. The summed E-state index contributed by atoms with van der Waals surface area (Å²) >= 11 is 1.73. The zero-order valence-corrected chi connectivity index (χ0v) is 16.4. The van der Waals surface area contributed by atoms with Crippen LogP contribution in [0.5, 0.6) is 0 Å². The van der Waals surface area contributed by atoms with Gasteiger partial charge in [-0.15, -0.1) is 11.3 Å². The molecule has 4 bridgehead atoms. The molecule has 0 unspecified atom stereocenters. The molecule has 0 spiro atoms. The van der Waals surface area contributed by atoms with E-state index in [0.29, 0.717) is 0 Å². The predicted octanol–water partition coefficient (Wildman–Crippen LogP) is 4.61. The Bertz CT molecular complexity index is 732. The molecule has 25 heavy (non-hydrogen) atoms. The maximum Gasteiger partial charge on any atom is 0.254 e. The molecule has 5 saturated carbocycles. The topological polar surface area (TPSA) is 34.4 Å². The molecule has 5 aliphatic carbocycles. The molecule has 4 heteroatoms. The second-order valence-corrected chi connectivity index (χ2v) is 10.7. The van der Waals surface area contributed by atoms with E-state index in [1.807, 2.05) is 0 Å². The van der Waals surface area contributed by atoms with Gasteiger partial charge in [0.2, 0.25) is 0 Å². The van der Waals surface area contributed by atoms with Crippen LogP contribution in [-0.4, -0.2) is 10.5 Å². The van der Waals surface area contributed by atoms with E-state index < -0.39 is 0 Å². The van der Waals surface area contributed by atoms with Crippen LogP contribution in [0.1, 0.15) is 68.4 Å². The maximum atomic E-state index is 13.3. The number of carbonyl (C=O) groups is 1. The summed E-state index contributed by atoms with van der Waals surface area (Å²) in [5.74, 6) is 3.43. The summed E-state index contributed by atoms with van der Waals surface area (Å²) < 4.78 is 2.35. The van der Waals surface area contributed by atoms with Gasteiger partial charge in [-0.2, -0.15) is 4.99 Å². The molecule has 0 saturated heterocycles. The van der Waals surface area contributed by atoms with E-state index in [9.17, 15) is 4.79 Å². The first-order valence-corrected chi connectivity index (χ1v) is 11.1. The molecule has 3 nitrogen and oxygen atoms in total. The molecular formula is C21H30N2OS. The van der Waals surface area contributed by atoms with Crippen LogP contribution in [0.2, 0.25) is 0 Å². The number of hydrogen-bond donors (Lipinski definition) is 0. The Morgan fingerprint density at radius 1 is 1.12 bits per heavy atom. The molecular weight excluding hydrogens is 328 g/mol. The third-order valence-electron chi connectivity index (χ3n) is 7.74. The highest BCUT2D eigenvalue weighted by Crippen LogP contribution is 2.60. The Labute approximate surface area is 154 Å². The number of thiazole rings is 1. The van der Waals surface area contributed by atoms with E-state index in [1.54, 1.807) is 11.3 Å². The number of aryl methyl sites for hydroxylation is 1. The first kappa shape index (κ1) is 16.3. The average Bonchev–Trinajstić information content (AvgIpc) is 2.76. The SMILES string of the molecule is Cc1sc(=NC(=O)C23CC4CC(CC(C4)C2)C3)n(CC2CCC2)c1C. The molecule has 6 rings (SSSR count). The van der Waals surface area contributed by atoms with Crippen LogP contribution >= 0.6 is 11.3 Å². The van der Waals surface area contributed by atoms with Crippen molar-refractivity contribution in [2.75, 3.05) is 0 Å². The lowest BCUT2D eigenvalue weighted by molar-refractivity contribution is -0.142. The summed E-state index contributed by atoms with van der Waals surface area (Å²) in [6.45, 7) is 5.42. The zero-order valence-electron chi connectivity index (χ0n) is 15.6. The monoisotopic (exact) mass is 358 g/mol. The van der Waals surface area contributed by atoms with Crippen LogP contribution in [0.4, 0.5) is 0 Å². The molecule has 0 aliphatic heterocycles. The van der Waals surface area contributed by atoms with Gasteiger partial charge in [-0.05, 0) is 88.9 Å². The lowest BCUT2D eigenvalue weighted by atomic mass is 9.49. The molecule has 0 radical (unpaired) electrons. The van der Waals surface area contributed by atoms with E-state index in [-0.39, 0.29) is 11.3 Å². The summed E-state index contributed by atoms with van der Waals surface area (Å²) in [5.41, 5.74) is 1.21. The van der Waals surface area contributed by atoms with Crippen molar-refractivity contribution in [3.63, 3.8) is 0 Å². The molecule has 1 aromatic heterocycles. The quantitative estimate of drug-likeness (QED) is 0.777. The third-order valence-corrected chi connectivity index (χ3v) is 8.84. The molecule has 136 valence electrons. The number of hydrogen-bond acceptors (Lipinski definition) is 2. The van der Waals surface area contributed by atoms with Crippen LogP contribution in [0.25, 0.3) is 0 Å². The second-order valence-electron chi connectivity index (χ2n) is 9.55. The average molecular weight is 359 g/mol. The Kier molecular flexibility index (Phi) is 3.78. The number of nitrogens with zero attached hydrogens (tertiary/aromatic N) is 2. The Hall–Kier alpha value is -0.900. The van der Waals surface area contributed by atoms with Gasteiger partial charge in [0.25, 0.3) is 5.91 Å². The van der Waals surface area contributed by atoms with E-state index in [2.05, 4.69) is 18.4 Å². The minimum atomic E-state index is -0.102. The van der Waals surface area contributed by atoms with E-state index in [0.717, 1.165) is 54.3 Å².